The van der Waals surface area contributed by atoms with Gasteiger partial charge in [0.2, 0.25) is 5.91 Å². The van der Waals surface area contributed by atoms with Gasteiger partial charge < -0.3 is 21.5 Å². The number of carboxylic acid groups (broad SMARTS) is 1. The Morgan fingerprint density at radius 3 is 2.35 bits per heavy atom. The van der Waals surface area contributed by atoms with Crippen LogP contribution in [-0.2, 0) is 9.59 Å². The molecule has 7 heteroatoms. The average Bonchev–Trinajstić information content (AvgIpc) is 2.24. The summed E-state index contributed by atoms with van der Waals surface area (Å²) in [4.78, 5) is 32.6. The van der Waals surface area contributed by atoms with Gasteiger partial charge in [0.1, 0.15) is 6.04 Å². The highest BCUT2D eigenvalue weighted by Gasteiger charge is 2.21. The molecule has 0 spiro atoms. The Kier molecular flexibility index (Phi) is 6.69. The Hall–Kier alpha value is -1.79. The first-order chi connectivity index (χ1) is 7.86. The van der Waals surface area contributed by atoms with Crippen molar-refractivity contribution in [3.05, 3.63) is 0 Å². The smallest absolute Gasteiger partial charge is 0.326 e. The van der Waals surface area contributed by atoms with E-state index in [-0.39, 0.29) is 0 Å². The van der Waals surface area contributed by atoms with Gasteiger partial charge in [-0.15, -0.1) is 0 Å². The maximum Gasteiger partial charge on any atom is 0.326 e. The fourth-order valence-corrected chi connectivity index (χ4v) is 1.02. The van der Waals surface area contributed by atoms with Gasteiger partial charge in [0.25, 0.3) is 0 Å². The molecule has 0 heterocycles. The van der Waals surface area contributed by atoms with Crippen LogP contribution in [-0.4, -0.2) is 35.6 Å². The third kappa shape index (κ3) is 7.15. The van der Waals surface area contributed by atoms with E-state index in [1.807, 2.05) is 13.8 Å². The maximum absolute atomic E-state index is 11.3. The molecule has 3 amide bonds. The first-order valence-corrected chi connectivity index (χ1v) is 5.42. The second-order valence-electron chi connectivity index (χ2n) is 3.93. The molecule has 0 saturated carbocycles. The number of primary amides is 1. The van der Waals surface area contributed by atoms with Crippen molar-refractivity contribution in [1.82, 2.24) is 10.6 Å². The van der Waals surface area contributed by atoms with Crippen molar-refractivity contribution in [2.24, 2.45) is 11.7 Å². The van der Waals surface area contributed by atoms with Gasteiger partial charge in [-0.05, 0) is 5.92 Å². The van der Waals surface area contributed by atoms with E-state index in [1.54, 1.807) is 0 Å². The van der Waals surface area contributed by atoms with Crippen molar-refractivity contribution >= 4 is 17.9 Å². The Balaban J connectivity index is 4.13. The summed E-state index contributed by atoms with van der Waals surface area (Å²) >= 11 is 0. The first-order valence-electron chi connectivity index (χ1n) is 5.42. The fourth-order valence-electron chi connectivity index (χ4n) is 1.02. The summed E-state index contributed by atoms with van der Waals surface area (Å²) in [6.07, 6.45) is 0.482. The Labute approximate surface area is 99.7 Å². The molecule has 7 nitrogen and oxygen atoms in total. The first kappa shape index (κ1) is 15.2. The van der Waals surface area contributed by atoms with E-state index in [4.69, 9.17) is 10.8 Å². The number of hydrogen-bond donors (Lipinski definition) is 4. The maximum atomic E-state index is 11.3. The zero-order valence-corrected chi connectivity index (χ0v) is 10.0. The highest BCUT2D eigenvalue weighted by atomic mass is 16.4. The van der Waals surface area contributed by atoms with Crippen molar-refractivity contribution in [1.29, 1.82) is 0 Å². The summed E-state index contributed by atoms with van der Waals surface area (Å²) in [5, 5.41) is 13.4. The summed E-state index contributed by atoms with van der Waals surface area (Å²) in [5.41, 5.74) is 4.88. The summed E-state index contributed by atoms with van der Waals surface area (Å²) in [6, 6.07) is -1.90. The highest BCUT2D eigenvalue weighted by Crippen LogP contribution is 1.97. The molecule has 0 aliphatic rings. The van der Waals surface area contributed by atoms with Gasteiger partial charge in [0.05, 0.1) is 6.42 Å². The number of carbonyl (C=O) groups excluding carboxylic acids is 2. The van der Waals surface area contributed by atoms with E-state index in [2.05, 4.69) is 10.6 Å². The number of aliphatic carboxylic acids is 1. The molecule has 1 unspecified atom stereocenters. The lowest BCUT2D eigenvalue weighted by Gasteiger charge is -2.15. The summed E-state index contributed by atoms with van der Waals surface area (Å²) < 4.78 is 0. The lowest BCUT2D eigenvalue weighted by atomic mass is 10.1. The number of nitrogens with two attached hydrogens (primary N) is 1. The molecule has 2 atom stereocenters. The van der Waals surface area contributed by atoms with Gasteiger partial charge in [-0.2, -0.15) is 0 Å². The minimum Gasteiger partial charge on any atom is -0.480 e. The predicted molar refractivity (Wildman–Crippen MR) is 61.2 cm³/mol. The van der Waals surface area contributed by atoms with Crippen molar-refractivity contribution in [2.45, 2.75) is 32.7 Å². The number of hydrogen-bond acceptors (Lipinski definition) is 3. The van der Waals surface area contributed by atoms with E-state index in [0.717, 1.165) is 6.42 Å². The van der Waals surface area contributed by atoms with Crippen LogP contribution in [0.25, 0.3) is 0 Å². The van der Waals surface area contributed by atoms with Crippen LogP contribution in [0.3, 0.4) is 0 Å². The monoisotopic (exact) mass is 245 g/mol. The normalized spacial score (nSPS) is 13.5. The van der Waals surface area contributed by atoms with Crippen LogP contribution in [0, 0.1) is 5.92 Å². The van der Waals surface area contributed by atoms with Gasteiger partial charge in [-0.3, -0.25) is 4.79 Å². The largest absolute Gasteiger partial charge is 0.480 e. The molecule has 0 aliphatic heterocycles. The Bertz CT molecular complexity index is 293. The lowest BCUT2D eigenvalue weighted by molar-refractivity contribution is -0.140. The van der Waals surface area contributed by atoms with Crippen LogP contribution in [0.15, 0.2) is 0 Å². The summed E-state index contributed by atoms with van der Waals surface area (Å²) in [7, 11) is 0. The van der Waals surface area contributed by atoms with Gasteiger partial charge in [0, 0.05) is 6.54 Å². The lowest BCUT2D eigenvalue weighted by Crippen LogP contribution is -2.48. The van der Waals surface area contributed by atoms with E-state index in [9.17, 15) is 14.4 Å². The number of carbonyl (C=O) groups is 3. The van der Waals surface area contributed by atoms with Crippen LogP contribution < -0.4 is 16.4 Å². The molecule has 0 radical (unpaired) electrons. The number of nitrogens with one attached hydrogen (secondary N) is 2. The molecule has 0 fully saturated rings. The van der Waals surface area contributed by atoms with Gasteiger partial charge >= 0.3 is 12.0 Å². The number of amides is 3. The number of urea groups is 1. The molecule has 0 bridgehead atoms. The minimum absolute atomic E-state index is 0.306. The third-order valence-electron chi connectivity index (χ3n) is 2.32. The molecular formula is C10H19N3O4. The molecule has 5 N–H and O–H groups in total. The molecule has 17 heavy (non-hydrogen) atoms. The zero-order valence-electron chi connectivity index (χ0n) is 10.0. The topological polar surface area (TPSA) is 122 Å². The molecule has 0 saturated heterocycles. The standard InChI is InChI=1S/C10H19N3O4/c1-3-6(2)5-12-10(17)13-7(9(15)16)4-8(11)14/h6-7H,3-5H2,1-2H3,(H2,11,14)(H,15,16)(H2,12,13,17)/t6?,7-/m0/s1. The fraction of sp³-hybridized carbons (Fsp3) is 0.700. The highest BCUT2D eigenvalue weighted by molar-refractivity contribution is 5.87. The summed E-state index contributed by atoms with van der Waals surface area (Å²) in [6.45, 7) is 4.39. The number of carboxylic acids is 1. The molecular weight excluding hydrogens is 226 g/mol. The third-order valence-corrected chi connectivity index (χ3v) is 2.32. The van der Waals surface area contributed by atoms with Gasteiger partial charge in [-0.1, -0.05) is 20.3 Å². The zero-order chi connectivity index (χ0) is 13.4. The molecule has 0 rings (SSSR count). The van der Waals surface area contributed by atoms with Crippen molar-refractivity contribution in [2.75, 3.05) is 6.54 Å². The Morgan fingerprint density at radius 2 is 1.94 bits per heavy atom. The average molecular weight is 245 g/mol. The van der Waals surface area contributed by atoms with Crippen LogP contribution in [0.2, 0.25) is 0 Å². The van der Waals surface area contributed by atoms with E-state index < -0.39 is 30.4 Å². The van der Waals surface area contributed by atoms with Gasteiger partial charge in [0.15, 0.2) is 0 Å². The molecule has 0 aromatic rings. The van der Waals surface area contributed by atoms with Crippen LogP contribution in [0.1, 0.15) is 26.7 Å². The second-order valence-corrected chi connectivity index (χ2v) is 3.93. The molecule has 0 aromatic heterocycles. The second kappa shape index (κ2) is 7.48. The van der Waals surface area contributed by atoms with Crippen molar-refractivity contribution in [3.63, 3.8) is 0 Å². The minimum atomic E-state index is -1.29. The quantitative estimate of drug-likeness (QED) is 0.490. The predicted octanol–water partition coefficient (Wildman–Crippen LogP) is -0.340. The molecule has 0 aromatic carbocycles. The SMILES string of the molecule is CCC(C)CNC(=O)N[C@@H](CC(N)=O)C(=O)O. The van der Waals surface area contributed by atoms with E-state index in [1.165, 1.54) is 0 Å². The molecule has 0 aliphatic carbocycles. The van der Waals surface area contributed by atoms with E-state index >= 15 is 0 Å². The van der Waals surface area contributed by atoms with E-state index in [0.29, 0.717) is 12.5 Å². The van der Waals surface area contributed by atoms with Crippen molar-refractivity contribution < 1.29 is 19.5 Å². The van der Waals surface area contributed by atoms with Crippen LogP contribution in [0.4, 0.5) is 4.79 Å². The Morgan fingerprint density at radius 1 is 1.35 bits per heavy atom. The van der Waals surface area contributed by atoms with Crippen molar-refractivity contribution in [3.8, 4) is 0 Å². The van der Waals surface area contributed by atoms with Crippen LogP contribution >= 0.6 is 0 Å². The van der Waals surface area contributed by atoms with Gasteiger partial charge in [-0.25, -0.2) is 9.59 Å². The molecule has 98 valence electrons. The number of rotatable bonds is 7. The van der Waals surface area contributed by atoms with Crippen LogP contribution in [0.5, 0.6) is 0 Å². The summed E-state index contributed by atoms with van der Waals surface area (Å²) in [5.74, 6) is -1.76.